The second kappa shape index (κ2) is 7.51. The fourth-order valence-corrected chi connectivity index (χ4v) is 10.8. The van der Waals surface area contributed by atoms with Gasteiger partial charge in [0.25, 0.3) is 0 Å². The van der Waals surface area contributed by atoms with Crippen molar-refractivity contribution in [2.75, 3.05) is 0 Å². The molecule has 0 fully saturated rings. The monoisotopic (exact) mass is 443 g/mol. The average molecular weight is 445 g/mol. The van der Waals surface area contributed by atoms with Gasteiger partial charge < -0.3 is 0 Å². The molecule has 129 valence electrons. The summed E-state index contributed by atoms with van der Waals surface area (Å²) in [6.45, 7) is 2.35. The van der Waals surface area contributed by atoms with Crippen molar-refractivity contribution in [1.29, 1.82) is 0 Å². The van der Waals surface area contributed by atoms with E-state index in [0.717, 1.165) is 0 Å². The fraction of sp³-hybridized carbons (Fsp3) is 0.273. The maximum absolute atomic E-state index is 2.59. The summed E-state index contributed by atoms with van der Waals surface area (Å²) in [5.41, 5.74) is 5.93. The molecule has 2 aliphatic rings. The van der Waals surface area contributed by atoms with E-state index in [9.17, 15) is 0 Å². The van der Waals surface area contributed by atoms with Crippen LogP contribution >= 0.6 is 12.4 Å². The van der Waals surface area contributed by atoms with Crippen LogP contribution in [0.3, 0.4) is 0 Å². The molecule has 0 spiro atoms. The molecule has 0 saturated carbocycles. The van der Waals surface area contributed by atoms with Crippen molar-refractivity contribution in [1.82, 2.24) is 0 Å². The Hall–Kier alpha value is -0.690. The molecule has 0 radical (unpaired) electrons. The van der Waals surface area contributed by atoms with Crippen LogP contribution in [0.1, 0.15) is 34.1 Å². The molecule has 0 bridgehead atoms. The number of rotatable bonds is 4. The van der Waals surface area contributed by atoms with Crippen molar-refractivity contribution >= 4 is 31.4 Å². The second-order valence-electron chi connectivity index (χ2n) is 8.06. The van der Waals surface area contributed by atoms with Gasteiger partial charge in [-0.2, -0.15) is 0 Å². The van der Waals surface area contributed by atoms with Crippen LogP contribution in [0.25, 0.3) is 12.2 Å². The van der Waals surface area contributed by atoms with E-state index < -0.39 is 18.9 Å². The second-order valence-corrected chi connectivity index (χ2v) is 31.0. The van der Waals surface area contributed by atoms with Gasteiger partial charge in [0.1, 0.15) is 0 Å². The van der Waals surface area contributed by atoms with Gasteiger partial charge in [-0.1, -0.05) is 0 Å². The number of benzene rings is 2. The topological polar surface area (TPSA) is 0 Å². The van der Waals surface area contributed by atoms with Gasteiger partial charge in [0, 0.05) is 0 Å². The van der Waals surface area contributed by atoms with Crippen molar-refractivity contribution < 1.29 is 18.9 Å². The molecule has 0 aliphatic heterocycles. The predicted octanol–water partition coefficient (Wildman–Crippen LogP) is 5.86. The van der Waals surface area contributed by atoms with Gasteiger partial charge >= 0.3 is 152 Å². The summed E-state index contributed by atoms with van der Waals surface area (Å²) < 4.78 is 6.63. The van der Waals surface area contributed by atoms with Crippen LogP contribution in [0.15, 0.2) is 60.7 Å². The van der Waals surface area contributed by atoms with Crippen molar-refractivity contribution in [3.63, 3.8) is 0 Å². The number of hydrogen-bond acceptors (Lipinski definition) is 0. The van der Waals surface area contributed by atoms with E-state index >= 15 is 0 Å². The minimum absolute atomic E-state index is 0. The Bertz CT molecular complexity index is 816. The van der Waals surface area contributed by atoms with Crippen LogP contribution in [-0.4, -0.2) is 6.88 Å². The molecule has 0 aromatic heterocycles. The zero-order valence-corrected chi connectivity index (χ0v) is 19.7. The summed E-state index contributed by atoms with van der Waals surface area (Å²) in [4.78, 5) is 0. The Morgan fingerprint density at radius 2 is 1.28 bits per heavy atom. The summed E-state index contributed by atoms with van der Waals surface area (Å²) in [7, 11) is 0. The van der Waals surface area contributed by atoms with Gasteiger partial charge in [0.15, 0.2) is 0 Å². The van der Waals surface area contributed by atoms with Crippen LogP contribution in [0.5, 0.6) is 0 Å². The number of allylic oxidation sites excluding steroid dienone is 2. The first-order chi connectivity index (χ1) is 11.5. The van der Waals surface area contributed by atoms with Crippen molar-refractivity contribution in [3.05, 3.63) is 82.9 Å². The fourth-order valence-electron chi connectivity index (χ4n) is 4.42. The number of fused-ring (bicyclic) bond motifs is 2. The molecule has 2 aromatic carbocycles. The Kier molecular flexibility index (Phi) is 5.73. The Morgan fingerprint density at radius 3 is 1.72 bits per heavy atom. The third-order valence-electron chi connectivity index (χ3n) is 5.39. The zero-order valence-electron chi connectivity index (χ0n) is 15.0. The molecule has 2 unspecified atom stereocenters. The summed E-state index contributed by atoms with van der Waals surface area (Å²) in [5.74, 6) is 1.85. The Balaban J connectivity index is 0.00000182. The summed E-state index contributed by atoms with van der Waals surface area (Å²) >= 11 is -1.90. The van der Waals surface area contributed by atoms with E-state index in [1.54, 1.807) is 11.1 Å². The molecule has 0 heterocycles. The van der Waals surface area contributed by atoms with Crippen LogP contribution in [-0.2, 0) is 18.9 Å². The quantitative estimate of drug-likeness (QED) is 0.518. The first-order valence-electron chi connectivity index (χ1n) is 8.92. The standard InChI is InChI=1S/C20H17.2CH3.ClH.H2Si.Zr/c1-14(17-12-10-15-6-2-4-8-19(15)17)18-13-11-16-7-3-5-9-20(16)18;;;;;/h2-14,17-18H,1H2;2*1H3;1H;1H2;. The number of halogens is 1. The molecule has 0 amide bonds. The first kappa shape index (κ1) is 19.1. The summed E-state index contributed by atoms with van der Waals surface area (Å²) in [6, 6.07) is 18.0. The molecular weight excluding hydrogens is 419 g/mol. The van der Waals surface area contributed by atoms with Crippen LogP contribution in [0.4, 0.5) is 0 Å². The molecule has 2 atom stereocenters. The molecule has 2 aromatic rings. The van der Waals surface area contributed by atoms with Crippen LogP contribution in [0.2, 0.25) is 13.4 Å². The molecule has 0 saturated heterocycles. The molecule has 25 heavy (non-hydrogen) atoms. The van der Waals surface area contributed by atoms with Gasteiger partial charge in [0.05, 0.1) is 0 Å². The normalized spacial score (nSPS) is 21.5. The van der Waals surface area contributed by atoms with Gasteiger partial charge in [0.2, 0.25) is 0 Å². The molecule has 4 rings (SSSR count). The Labute approximate surface area is 163 Å². The molecule has 2 aliphatic carbocycles. The summed E-state index contributed by atoms with van der Waals surface area (Å²) in [6.07, 6.45) is 9.64. The van der Waals surface area contributed by atoms with E-state index in [1.807, 2.05) is 0 Å². The molecular formula is C22H26ClSiZr. The van der Waals surface area contributed by atoms with E-state index in [2.05, 4.69) is 89.0 Å². The van der Waals surface area contributed by atoms with Gasteiger partial charge in [-0.3, -0.25) is 0 Å². The van der Waals surface area contributed by atoms with Crippen molar-refractivity contribution in [2.24, 2.45) is 5.92 Å². The van der Waals surface area contributed by atoms with E-state index in [4.69, 9.17) is 0 Å². The summed E-state index contributed by atoms with van der Waals surface area (Å²) in [5, 5.41) is 0. The third kappa shape index (κ3) is 3.87. The molecule has 0 nitrogen and oxygen atoms in total. The van der Waals surface area contributed by atoms with E-state index in [1.165, 1.54) is 15.3 Å². The van der Waals surface area contributed by atoms with E-state index in [-0.39, 0.29) is 12.4 Å². The van der Waals surface area contributed by atoms with Crippen LogP contribution < -0.4 is 0 Å². The SMILES string of the molecule is Cl.[CH3][Zr]([CH3])(=[SiH2])[CH2]C(C1C=Cc2ccccc21)C1C=Cc2ccccc21. The van der Waals surface area contributed by atoms with Crippen molar-refractivity contribution in [2.45, 2.75) is 25.2 Å². The van der Waals surface area contributed by atoms with Gasteiger partial charge in [-0.25, -0.2) is 0 Å². The van der Waals surface area contributed by atoms with E-state index in [0.29, 0.717) is 17.8 Å². The van der Waals surface area contributed by atoms with Crippen molar-refractivity contribution in [3.8, 4) is 0 Å². The predicted molar refractivity (Wildman–Crippen MR) is 112 cm³/mol. The average Bonchev–Trinajstić information content (AvgIpc) is 3.16. The van der Waals surface area contributed by atoms with Crippen LogP contribution in [0, 0.1) is 5.92 Å². The maximum atomic E-state index is 2.59. The number of hydrogen-bond donors (Lipinski definition) is 0. The molecule has 3 heteroatoms. The zero-order chi connectivity index (χ0) is 16.7. The first-order valence-corrected chi connectivity index (χ1v) is 21.5. The minimum atomic E-state index is -1.90. The van der Waals surface area contributed by atoms with Gasteiger partial charge in [-0.15, -0.1) is 12.4 Å². The van der Waals surface area contributed by atoms with Gasteiger partial charge in [-0.05, 0) is 0 Å². The molecule has 0 N–H and O–H groups in total. The Morgan fingerprint density at radius 1 is 0.840 bits per heavy atom. The third-order valence-corrected chi connectivity index (χ3v) is 11.0.